The summed E-state index contributed by atoms with van der Waals surface area (Å²) in [6.07, 6.45) is 0.371. The van der Waals surface area contributed by atoms with Crippen molar-refractivity contribution in [2.75, 3.05) is 31.6 Å². The van der Waals surface area contributed by atoms with Gasteiger partial charge >= 0.3 is 0 Å². The lowest BCUT2D eigenvalue weighted by Crippen LogP contribution is -2.43. The minimum absolute atomic E-state index is 0.371. The maximum absolute atomic E-state index is 5.58. The lowest BCUT2D eigenvalue weighted by molar-refractivity contribution is -0.0194. The van der Waals surface area contributed by atoms with Gasteiger partial charge < -0.3 is 4.74 Å². The minimum atomic E-state index is 0.371. The molecule has 1 aliphatic rings. The molecule has 0 radical (unpaired) electrons. The summed E-state index contributed by atoms with van der Waals surface area (Å²) in [7, 11) is 0. The number of rotatable bonds is 4. The van der Waals surface area contributed by atoms with Crippen LogP contribution in [0.15, 0.2) is 30.3 Å². The molecule has 0 bridgehead atoms. The summed E-state index contributed by atoms with van der Waals surface area (Å²) in [5, 5.41) is 1.02. The molecule has 94 valence electrons. The van der Waals surface area contributed by atoms with Crippen LogP contribution in [0.4, 0.5) is 0 Å². The van der Waals surface area contributed by atoms with Gasteiger partial charge in [-0.05, 0) is 12.5 Å². The molecule has 1 heterocycles. The number of nitrogens with zero attached hydrogens (tertiary/aromatic N) is 1. The maximum atomic E-state index is 5.58. The highest BCUT2D eigenvalue weighted by atomic mass is 79.9. The molecule has 1 aliphatic heterocycles. The highest BCUT2D eigenvalue weighted by molar-refractivity contribution is 9.09. The highest BCUT2D eigenvalue weighted by Gasteiger charge is 2.20. The zero-order valence-corrected chi connectivity index (χ0v) is 11.9. The van der Waals surface area contributed by atoms with Crippen LogP contribution in [0.25, 0.3) is 0 Å². The van der Waals surface area contributed by atoms with Crippen LogP contribution >= 0.6 is 15.9 Å². The molecule has 2 nitrogen and oxygen atoms in total. The molecular weight excluding hydrogens is 278 g/mol. The Hall–Kier alpha value is -0.380. The van der Waals surface area contributed by atoms with Gasteiger partial charge in [0.15, 0.2) is 0 Å². The summed E-state index contributed by atoms with van der Waals surface area (Å²) in [6, 6.07) is 10.7. The van der Waals surface area contributed by atoms with Gasteiger partial charge in [-0.3, -0.25) is 4.90 Å². The van der Waals surface area contributed by atoms with E-state index in [4.69, 9.17) is 4.74 Å². The number of morpholine rings is 1. The zero-order chi connectivity index (χ0) is 12.1. The SMILES string of the molecule is CC1CN(CC(CBr)c2ccccc2)CCO1. The first-order chi connectivity index (χ1) is 8.29. The summed E-state index contributed by atoms with van der Waals surface area (Å²) >= 11 is 3.64. The largest absolute Gasteiger partial charge is 0.376 e. The van der Waals surface area contributed by atoms with Crippen molar-refractivity contribution in [3.8, 4) is 0 Å². The van der Waals surface area contributed by atoms with Crippen molar-refractivity contribution in [2.45, 2.75) is 18.9 Å². The second-order valence-corrected chi connectivity index (χ2v) is 5.35. The van der Waals surface area contributed by atoms with Gasteiger partial charge in [0.1, 0.15) is 0 Å². The predicted molar refractivity (Wildman–Crippen MR) is 74.8 cm³/mol. The van der Waals surface area contributed by atoms with E-state index in [0.717, 1.165) is 31.6 Å². The van der Waals surface area contributed by atoms with Crippen LogP contribution in [0.5, 0.6) is 0 Å². The van der Waals surface area contributed by atoms with E-state index in [0.29, 0.717) is 12.0 Å². The predicted octanol–water partition coefficient (Wildman–Crippen LogP) is 2.89. The molecule has 0 aliphatic carbocycles. The van der Waals surface area contributed by atoms with Crippen molar-refractivity contribution < 1.29 is 4.74 Å². The molecule has 1 aromatic carbocycles. The molecule has 1 fully saturated rings. The van der Waals surface area contributed by atoms with Crippen molar-refractivity contribution in [2.24, 2.45) is 0 Å². The van der Waals surface area contributed by atoms with E-state index in [2.05, 4.69) is 58.1 Å². The Bertz CT molecular complexity index is 330. The fourth-order valence-electron chi connectivity index (χ4n) is 2.34. The molecule has 0 saturated carbocycles. The summed E-state index contributed by atoms with van der Waals surface area (Å²) in [6.45, 7) is 6.24. The van der Waals surface area contributed by atoms with Crippen LogP contribution in [-0.4, -0.2) is 42.6 Å². The number of hydrogen-bond acceptors (Lipinski definition) is 2. The molecule has 2 atom stereocenters. The first kappa shape index (κ1) is 13.1. The van der Waals surface area contributed by atoms with Gasteiger partial charge in [-0.1, -0.05) is 46.3 Å². The van der Waals surface area contributed by atoms with Gasteiger partial charge in [0.05, 0.1) is 12.7 Å². The van der Waals surface area contributed by atoms with Gasteiger partial charge in [0.25, 0.3) is 0 Å². The third-order valence-corrected chi connectivity index (χ3v) is 4.04. The first-order valence-electron chi connectivity index (χ1n) is 6.24. The van der Waals surface area contributed by atoms with Crippen molar-refractivity contribution in [1.29, 1.82) is 0 Å². The van der Waals surface area contributed by atoms with Crippen LogP contribution in [0, 0.1) is 0 Å². The standard InChI is InChI=1S/C14H20BrNO/c1-12-10-16(7-8-17-12)11-14(9-15)13-5-3-2-4-6-13/h2-6,12,14H,7-11H2,1H3. The number of alkyl halides is 1. The molecular formula is C14H20BrNO. The summed E-state index contributed by atoms with van der Waals surface area (Å²) < 4.78 is 5.58. The molecule has 3 heteroatoms. The van der Waals surface area contributed by atoms with Gasteiger partial charge in [-0.25, -0.2) is 0 Å². The van der Waals surface area contributed by atoms with E-state index < -0.39 is 0 Å². The van der Waals surface area contributed by atoms with Crippen molar-refractivity contribution in [3.05, 3.63) is 35.9 Å². The molecule has 2 rings (SSSR count). The fourth-order valence-corrected chi connectivity index (χ4v) is 2.92. The van der Waals surface area contributed by atoms with Gasteiger partial charge in [-0.2, -0.15) is 0 Å². The Morgan fingerprint density at radius 3 is 2.82 bits per heavy atom. The van der Waals surface area contributed by atoms with Gasteiger partial charge in [-0.15, -0.1) is 0 Å². The average Bonchev–Trinajstić information content (AvgIpc) is 2.37. The summed E-state index contributed by atoms with van der Waals surface area (Å²) in [5.41, 5.74) is 1.42. The monoisotopic (exact) mass is 297 g/mol. The smallest absolute Gasteiger partial charge is 0.0674 e. The molecule has 17 heavy (non-hydrogen) atoms. The molecule has 0 amide bonds. The van der Waals surface area contributed by atoms with Crippen LogP contribution in [0.2, 0.25) is 0 Å². The van der Waals surface area contributed by atoms with E-state index in [1.165, 1.54) is 5.56 Å². The number of hydrogen-bond donors (Lipinski definition) is 0. The van der Waals surface area contributed by atoms with Crippen LogP contribution < -0.4 is 0 Å². The second kappa shape index (κ2) is 6.53. The van der Waals surface area contributed by atoms with Gasteiger partial charge in [0.2, 0.25) is 0 Å². The highest BCUT2D eigenvalue weighted by Crippen LogP contribution is 2.20. The van der Waals surface area contributed by atoms with E-state index in [1.54, 1.807) is 0 Å². The first-order valence-corrected chi connectivity index (χ1v) is 7.36. The lowest BCUT2D eigenvalue weighted by Gasteiger charge is -2.33. The molecule has 2 unspecified atom stereocenters. The van der Waals surface area contributed by atoms with E-state index >= 15 is 0 Å². The molecule has 0 spiro atoms. The van der Waals surface area contributed by atoms with Crippen LogP contribution in [0.3, 0.4) is 0 Å². The average molecular weight is 298 g/mol. The van der Waals surface area contributed by atoms with E-state index in [-0.39, 0.29) is 0 Å². The fraction of sp³-hybridized carbons (Fsp3) is 0.571. The minimum Gasteiger partial charge on any atom is -0.376 e. The normalized spacial score (nSPS) is 23.5. The number of benzene rings is 1. The molecule has 1 aromatic rings. The maximum Gasteiger partial charge on any atom is 0.0674 e. The lowest BCUT2D eigenvalue weighted by atomic mass is 10.0. The Balaban J connectivity index is 1.95. The Morgan fingerprint density at radius 1 is 1.41 bits per heavy atom. The Labute approximate surface area is 112 Å². The second-order valence-electron chi connectivity index (χ2n) is 4.70. The summed E-state index contributed by atoms with van der Waals surface area (Å²) in [5.74, 6) is 0.571. The van der Waals surface area contributed by atoms with Crippen molar-refractivity contribution >= 4 is 15.9 Å². The topological polar surface area (TPSA) is 12.5 Å². The van der Waals surface area contributed by atoms with Crippen molar-refractivity contribution in [1.82, 2.24) is 4.90 Å². The molecule has 0 aromatic heterocycles. The quantitative estimate of drug-likeness (QED) is 0.793. The number of ether oxygens (including phenoxy) is 1. The van der Waals surface area contributed by atoms with E-state index in [1.807, 2.05) is 0 Å². The Morgan fingerprint density at radius 2 is 2.18 bits per heavy atom. The molecule has 0 N–H and O–H groups in total. The van der Waals surface area contributed by atoms with Gasteiger partial charge in [0, 0.05) is 30.9 Å². The van der Waals surface area contributed by atoms with Crippen LogP contribution in [-0.2, 0) is 4.74 Å². The zero-order valence-electron chi connectivity index (χ0n) is 10.3. The third-order valence-electron chi connectivity index (χ3n) is 3.26. The third kappa shape index (κ3) is 3.80. The summed E-state index contributed by atoms with van der Waals surface area (Å²) in [4.78, 5) is 2.51. The Kier molecular flexibility index (Phi) is 5.01. The van der Waals surface area contributed by atoms with E-state index in [9.17, 15) is 0 Å². The van der Waals surface area contributed by atoms with Crippen LogP contribution in [0.1, 0.15) is 18.4 Å². The number of halogens is 1. The van der Waals surface area contributed by atoms with Crippen molar-refractivity contribution in [3.63, 3.8) is 0 Å². The molecule has 1 saturated heterocycles.